The van der Waals surface area contributed by atoms with E-state index >= 15 is 0 Å². The fourth-order valence-electron chi connectivity index (χ4n) is 3.31. The van der Waals surface area contributed by atoms with Gasteiger partial charge in [0.1, 0.15) is 0 Å². The van der Waals surface area contributed by atoms with Crippen LogP contribution in [0.1, 0.15) is 31.9 Å². The van der Waals surface area contributed by atoms with E-state index in [-0.39, 0.29) is 0 Å². The van der Waals surface area contributed by atoms with Gasteiger partial charge in [-0.05, 0) is 44.0 Å². The van der Waals surface area contributed by atoms with Crippen LogP contribution < -0.4 is 14.8 Å². The molecule has 1 aromatic rings. The van der Waals surface area contributed by atoms with Crippen LogP contribution in [0.5, 0.6) is 11.5 Å². The van der Waals surface area contributed by atoms with Crippen LogP contribution in [-0.2, 0) is 0 Å². The molecule has 0 aromatic heterocycles. The number of nitrogens with one attached hydrogen (secondary N) is 1. The molecule has 1 aromatic carbocycles. The van der Waals surface area contributed by atoms with Crippen molar-refractivity contribution in [2.45, 2.75) is 32.4 Å². The summed E-state index contributed by atoms with van der Waals surface area (Å²) in [6.07, 6.45) is 1.29. The Labute approximate surface area is 128 Å². The third-order valence-electron chi connectivity index (χ3n) is 4.49. The van der Waals surface area contributed by atoms with E-state index in [2.05, 4.69) is 36.2 Å². The van der Waals surface area contributed by atoms with Gasteiger partial charge < -0.3 is 14.8 Å². The molecular weight excluding hydrogens is 264 g/mol. The first-order valence-corrected chi connectivity index (χ1v) is 7.72. The van der Waals surface area contributed by atoms with Crippen LogP contribution in [0.25, 0.3) is 0 Å². The minimum absolute atomic E-state index is 0.303. The molecule has 4 nitrogen and oxygen atoms in total. The molecule has 0 spiro atoms. The smallest absolute Gasteiger partial charge is 0.161 e. The zero-order chi connectivity index (χ0) is 15.4. The number of nitrogens with zero attached hydrogens (tertiary/aromatic N) is 1. The highest BCUT2D eigenvalue weighted by atomic mass is 16.5. The lowest BCUT2D eigenvalue weighted by Gasteiger charge is -2.27. The summed E-state index contributed by atoms with van der Waals surface area (Å²) in [6, 6.07) is 7.14. The van der Waals surface area contributed by atoms with Crippen LogP contribution in [0, 0.1) is 5.92 Å². The van der Waals surface area contributed by atoms with Crippen molar-refractivity contribution in [1.29, 1.82) is 0 Å². The van der Waals surface area contributed by atoms with Crippen molar-refractivity contribution in [3.63, 3.8) is 0 Å². The van der Waals surface area contributed by atoms with Crippen molar-refractivity contribution in [3.8, 4) is 11.5 Å². The van der Waals surface area contributed by atoms with E-state index in [4.69, 9.17) is 9.47 Å². The molecule has 0 amide bonds. The lowest BCUT2D eigenvalue weighted by atomic mass is 10.1. The first kappa shape index (κ1) is 16.1. The quantitative estimate of drug-likeness (QED) is 0.874. The highest BCUT2D eigenvalue weighted by Gasteiger charge is 2.28. The van der Waals surface area contributed by atoms with Crippen molar-refractivity contribution < 1.29 is 9.47 Å². The number of rotatable bonds is 6. The molecular formula is C17H28N2O2. The fourth-order valence-corrected chi connectivity index (χ4v) is 3.31. The molecule has 21 heavy (non-hydrogen) atoms. The monoisotopic (exact) mass is 292 g/mol. The molecule has 0 bridgehead atoms. The summed E-state index contributed by atoms with van der Waals surface area (Å²) in [4.78, 5) is 2.57. The fraction of sp³-hybridized carbons (Fsp3) is 0.647. The molecule has 2 rings (SSSR count). The molecule has 1 heterocycles. The molecule has 3 unspecified atom stereocenters. The highest BCUT2D eigenvalue weighted by molar-refractivity contribution is 5.43. The maximum atomic E-state index is 5.41. The lowest BCUT2D eigenvalue weighted by molar-refractivity contribution is 0.238. The molecule has 0 aliphatic carbocycles. The zero-order valence-electron chi connectivity index (χ0n) is 13.8. The third-order valence-corrected chi connectivity index (χ3v) is 4.49. The first-order valence-electron chi connectivity index (χ1n) is 7.72. The lowest BCUT2D eigenvalue weighted by Crippen LogP contribution is -2.36. The van der Waals surface area contributed by atoms with Gasteiger partial charge in [0.15, 0.2) is 11.5 Å². The highest BCUT2D eigenvalue weighted by Crippen LogP contribution is 2.31. The van der Waals surface area contributed by atoms with Crippen LogP contribution in [-0.4, -0.2) is 45.3 Å². The van der Waals surface area contributed by atoms with Crippen molar-refractivity contribution in [2.24, 2.45) is 5.92 Å². The van der Waals surface area contributed by atoms with Crippen molar-refractivity contribution in [1.82, 2.24) is 10.2 Å². The van der Waals surface area contributed by atoms with E-state index in [1.807, 2.05) is 13.1 Å². The Kier molecular flexibility index (Phi) is 5.48. The van der Waals surface area contributed by atoms with E-state index in [9.17, 15) is 0 Å². The number of ether oxygens (including phenoxy) is 2. The summed E-state index contributed by atoms with van der Waals surface area (Å²) < 4.78 is 10.7. The summed E-state index contributed by atoms with van der Waals surface area (Å²) in [5.41, 5.74) is 1.24. The maximum absolute atomic E-state index is 5.41. The second-order valence-corrected chi connectivity index (χ2v) is 6.10. The van der Waals surface area contributed by atoms with Gasteiger partial charge in [0.25, 0.3) is 0 Å². The second kappa shape index (κ2) is 7.14. The molecule has 1 saturated heterocycles. The average Bonchev–Trinajstić information content (AvgIpc) is 2.81. The second-order valence-electron chi connectivity index (χ2n) is 6.10. The van der Waals surface area contributed by atoms with Crippen LogP contribution in [0.3, 0.4) is 0 Å². The maximum Gasteiger partial charge on any atom is 0.161 e. The Bertz CT molecular complexity index is 464. The standard InChI is InChI=1S/C17H28N2O2/c1-12-8-13(2)19(10-12)11-15(18-3)14-6-7-16(20-4)17(9-14)21-5/h6-7,9,12-13,15,18H,8,10-11H2,1-5H3. The topological polar surface area (TPSA) is 33.7 Å². The van der Waals surface area contributed by atoms with Crippen LogP contribution in [0.15, 0.2) is 18.2 Å². The minimum Gasteiger partial charge on any atom is -0.493 e. The number of hydrogen-bond donors (Lipinski definition) is 1. The third kappa shape index (κ3) is 3.69. The van der Waals surface area contributed by atoms with Crippen LogP contribution in [0.4, 0.5) is 0 Å². The number of benzene rings is 1. The molecule has 1 N–H and O–H groups in total. The number of likely N-dealkylation sites (N-methyl/N-ethyl adjacent to an activating group) is 1. The van der Waals surface area contributed by atoms with Gasteiger partial charge in [-0.3, -0.25) is 4.90 Å². The van der Waals surface area contributed by atoms with E-state index in [0.29, 0.717) is 12.1 Å². The minimum atomic E-state index is 0.303. The molecule has 3 atom stereocenters. The van der Waals surface area contributed by atoms with Gasteiger partial charge >= 0.3 is 0 Å². The van der Waals surface area contributed by atoms with Gasteiger partial charge in [-0.25, -0.2) is 0 Å². The predicted molar refractivity (Wildman–Crippen MR) is 86.2 cm³/mol. The normalized spacial score (nSPS) is 24.0. The number of likely N-dealkylation sites (tertiary alicyclic amines) is 1. The Morgan fingerprint density at radius 3 is 2.48 bits per heavy atom. The van der Waals surface area contributed by atoms with Crippen molar-refractivity contribution >= 4 is 0 Å². The van der Waals surface area contributed by atoms with Gasteiger partial charge in [-0.15, -0.1) is 0 Å². The first-order chi connectivity index (χ1) is 10.1. The molecule has 1 aliphatic rings. The Morgan fingerprint density at radius 2 is 1.95 bits per heavy atom. The molecule has 1 fully saturated rings. The number of methoxy groups -OCH3 is 2. The van der Waals surface area contributed by atoms with Gasteiger partial charge in [0.2, 0.25) is 0 Å². The summed E-state index contributed by atoms with van der Waals surface area (Å²) in [5, 5.41) is 3.43. The van der Waals surface area contributed by atoms with E-state index < -0.39 is 0 Å². The molecule has 0 radical (unpaired) electrons. The van der Waals surface area contributed by atoms with Crippen LogP contribution in [0.2, 0.25) is 0 Å². The van der Waals surface area contributed by atoms with Gasteiger partial charge in [-0.2, -0.15) is 0 Å². The van der Waals surface area contributed by atoms with E-state index in [1.54, 1.807) is 14.2 Å². The molecule has 0 saturated carbocycles. The Hall–Kier alpha value is -1.26. The van der Waals surface area contributed by atoms with Crippen LogP contribution >= 0.6 is 0 Å². The van der Waals surface area contributed by atoms with Crippen molar-refractivity contribution in [2.75, 3.05) is 34.4 Å². The van der Waals surface area contributed by atoms with Crippen molar-refractivity contribution in [3.05, 3.63) is 23.8 Å². The van der Waals surface area contributed by atoms with E-state index in [0.717, 1.165) is 24.0 Å². The zero-order valence-corrected chi connectivity index (χ0v) is 13.8. The molecule has 118 valence electrons. The predicted octanol–water partition coefficient (Wildman–Crippen LogP) is 2.69. The number of hydrogen-bond acceptors (Lipinski definition) is 4. The molecule has 4 heteroatoms. The molecule has 1 aliphatic heterocycles. The van der Waals surface area contributed by atoms with E-state index in [1.165, 1.54) is 18.5 Å². The average molecular weight is 292 g/mol. The summed E-state index contributed by atoms with van der Waals surface area (Å²) in [5.74, 6) is 2.36. The Balaban J connectivity index is 2.13. The largest absolute Gasteiger partial charge is 0.493 e. The van der Waals surface area contributed by atoms with Gasteiger partial charge in [-0.1, -0.05) is 13.0 Å². The Morgan fingerprint density at radius 1 is 1.24 bits per heavy atom. The van der Waals surface area contributed by atoms with Gasteiger partial charge in [0, 0.05) is 25.2 Å². The SMILES string of the molecule is CNC(CN1CC(C)CC1C)c1ccc(OC)c(OC)c1. The summed E-state index contributed by atoms with van der Waals surface area (Å²) in [7, 11) is 5.37. The summed E-state index contributed by atoms with van der Waals surface area (Å²) in [6.45, 7) is 6.87. The van der Waals surface area contributed by atoms with Gasteiger partial charge in [0.05, 0.1) is 14.2 Å². The summed E-state index contributed by atoms with van der Waals surface area (Å²) >= 11 is 0.